The van der Waals surface area contributed by atoms with Crippen molar-refractivity contribution < 1.29 is 20.4 Å². The van der Waals surface area contributed by atoms with E-state index in [4.69, 9.17) is 10.2 Å². The van der Waals surface area contributed by atoms with Gasteiger partial charge in [-0.3, -0.25) is 0 Å². The third kappa shape index (κ3) is 1.44. The molecule has 0 aromatic carbocycles. The third-order valence-corrected chi connectivity index (χ3v) is 1.95. The van der Waals surface area contributed by atoms with Crippen LogP contribution in [0.3, 0.4) is 0 Å². The van der Waals surface area contributed by atoms with Crippen molar-refractivity contribution >= 4 is 0 Å². The van der Waals surface area contributed by atoms with E-state index >= 15 is 0 Å². The maximum absolute atomic E-state index is 9.41. The van der Waals surface area contributed by atoms with Crippen molar-refractivity contribution in [1.82, 2.24) is 0 Å². The molecule has 0 saturated heterocycles. The average Bonchev–Trinajstić information content (AvgIpc) is 2.00. The number of aliphatic hydroxyl groups excluding tert-OH is 3. The Labute approximate surface area is 64.4 Å². The van der Waals surface area contributed by atoms with Gasteiger partial charge in [0.2, 0.25) is 0 Å². The summed E-state index contributed by atoms with van der Waals surface area (Å²) in [6.07, 6.45) is 0.725. The van der Waals surface area contributed by atoms with Crippen LogP contribution in [0, 0.1) is 0 Å². The van der Waals surface area contributed by atoms with Crippen molar-refractivity contribution in [2.45, 2.75) is 24.2 Å². The second-order valence-corrected chi connectivity index (χ2v) is 2.83. The molecule has 0 bridgehead atoms. The van der Waals surface area contributed by atoms with Gasteiger partial charge in [0, 0.05) is 0 Å². The van der Waals surface area contributed by atoms with E-state index in [1.54, 1.807) is 0 Å². The van der Waals surface area contributed by atoms with Crippen molar-refractivity contribution in [1.29, 1.82) is 0 Å². The van der Waals surface area contributed by atoms with Gasteiger partial charge in [-0.2, -0.15) is 0 Å². The third-order valence-electron chi connectivity index (χ3n) is 1.95. The van der Waals surface area contributed by atoms with Gasteiger partial charge in [0.05, 0.1) is 6.61 Å². The quantitative estimate of drug-likeness (QED) is 0.348. The summed E-state index contributed by atoms with van der Waals surface area (Å²) in [5, 5.41) is 36.3. The van der Waals surface area contributed by atoms with E-state index in [2.05, 4.69) is 0 Å². The smallest absolute Gasteiger partial charge is 0.120 e. The van der Waals surface area contributed by atoms with E-state index in [0.717, 1.165) is 0 Å². The number of hydrogen-bond donors (Lipinski definition) is 4. The number of aliphatic hydroxyl groups is 4. The molecular weight excluding hydrogens is 148 g/mol. The minimum Gasteiger partial charge on any atom is -0.393 e. The summed E-state index contributed by atoms with van der Waals surface area (Å²) >= 11 is 0. The zero-order valence-electron chi connectivity index (χ0n) is 6.01. The van der Waals surface area contributed by atoms with Gasteiger partial charge in [-0.1, -0.05) is 12.2 Å². The fourth-order valence-electron chi connectivity index (χ4n) is 1.11. The lowest BCUT2D eigenvalue weighted by Crippen LogP contribution is -2.52. The fraction of sp³-hybridized carbons (Fsp3) is 0.714. The molecule has 0 saturated carbocycles. The van der Waals surface area contributed by atoms with E-state index < -0.39 is 24.4 Å². The lowest BCUT2D eigenvalue weighted by Gasteiger charge is -2.34. The molecule has 1 aliphatic rings. The van der Waals surface area contributed by atoms with Crippen LogP contribution in [0.25, 0.3) is 0 Å². The van der Waals surface area contributed by atoms with Gasteiger partial charge in [-0.25, -0.2) is 0 Å². The molecule has 0 aliphatic heterocycles. The molecule has 1 aliphatic carbocycles. The monoisotopic (exact) mass is 160 g/mol. The maximum Gasteiger partial charge on any atom is 0.120 e. The van der Waals surface area contributed by atoms with Crippen LogP contribution in [0.2, 0.25) is 0 Å². The first-order chi connectivity index (χ1) is 5.10. The lowest BCUT2D eigenvalue weighted by molar-refractivity contribution is -0.139. The summed E-state index contributed by atoms with van der Waals surface area (Å²) in [4.78, 5) is 0. The first-order valence-electron chi connectivity index (χ1n) is 3.46. The fourth-order valence-corrected chi connectivity index (χ4v) is 1.11. The maximum atomic E-state index is 9.41. The van der Waals surface area contributed by atoms with E-state index in [9.17, 15) is 10.2 Å². The highest BCUT2D eigenvalue weighted by molar-refractivity contribution is 5.08. The molecule has 0 aromatic rings. The largest absolute Gasteiger partial charge is 0.393 e. The highest BCUT2D eigenvalue weighted by Gasteiger charge is 2.39. The molecule has 0 spiro atoms. The van der Waals surface area contributed by atoms with Gasteiger partial charge in [0.25, 0.3) is 0 Å². The summed E-state index contributed by atoms with van der Waals surface area (Å²) in [6.45, 7) is -0.546. The van der Waals surface area contributed by atoms with E-state index in [0.29, 0.717) is 0 Å². The van der Waals surface area contributed by atoms with Gasteiger partial charge in [-0.15, -0.1) is 0 Å². The van der Waals surface area contributed by atoms with Crippen molar-refractivity contribution in [2.75, 3.05) is 6.61 Å². The van der Waals surface area contributed by atoms with E-state index in [-0.39, 0.29) is 6.42 Å². The molecule has 0 amide bonds. The normalized spacial score (nSPS) is 44.4. The molecule has 4 heteroatoms. The van der Waals surface area contributed by atoms with Gasteiger partial charge in [0.1, 0.15) is 17.8 Å². The average molecular weight is 160 g/mol. The second-order valence-electron chi connectivity index (χ2n) is 2.83. The Hall–Kier alpha value is -0.420. The van der Waals surface area contributed by atoms with Crippen molar-refractivity contribution in [3.63, 3.8) is 0 Å². The van der Waals surface area contributed by atoms with Crippen molar-refractivity contribution in [3.05, 3.63) is 12.2 Å². The summed E-state index contributed by atoms with van der Waals surface area (Å²) in [5.74, 6) is 0. The second kappa shape index (κ2) is 2.91. The van der Waals surface area contributed by atoms with Gasteiger partial charge < -0.3 is 20.4 Å². The Morgan fingerprint density at radius 2 is 2.09 bits per heavy atom. The van der Waals surface area contributed by atoms with Crippen LogP contribution >= 0.6 is 0 Å². The predicted molar refractivity (Wildman–Crippen MR) is 37.8 cm³/mol. The van der Waals surface area contributed by atoms with Crippen LogP contribution < -0.4 is 0 Å². The number of hydrogen-bond acceptors (Lipinski definition) is 4. The summed E-state index contributed by atoms with van der Waals surface area (Å²) in [6, 6.07) is 0. The minimum absolute atomic E-state index is 0.168. The van der Waals surface area contributed by atoms with Crippen LogP contribution in [-0.4, -0.2) is 44.8 Å². The van der Waals surface area contributed by atoms with Crippen molar-refractivity contribution in [2.24, 2.45) is 0 Å². The molecule has 11 heavy (non-hydrogen) atoms. The standard InChI is InChI=1S/C7H12O4/c8-4-7(11)3-1-2-5(9)6(7)10/h1-2,5-6,8-11H,3-4H2. The minimum atomic E-state index is -1.58. The molecule has 4 nitrogen and oxygen atoms in total. The molecule has 1 rings (SSSR count). The van der Waals surface area contributed by atoms with Crippen LogP contribution in [0.15, 0.2) is 12.2 Å². The number of rotatable bonds is 1. The van der Waals surface area contributed by atoms with E-state index in [1.165, 1.54) is 12.2 Å². The molecule has 64 valence electrons. The molecule has 0 aromatic heterocycles. The predicted octanol–water partition coefficient (Wildman–Crippen LogP) is -1.61. The van der Waals surface area contributed by atoms with Crippen LogP contribution in [0.1, 0.15) is 6.42 Å². The highest BCUT2D eigenvalue weighted by Crippen LogP contribution is 2.23. The molecule has 3 atom stereocenters. The summed E-state index contributed by atoms with van der Waals surface area (Å²) in [5.41, 5.74) is -1.58. The summed E-state index contributed by atoms with van der Waals surface area (Å²) in [7, 11) is 0. The molecular formula is C7H12O4. The van der Waals surface area contributed by atoms with Gasteiger partial charge >= 0.3 is 0 Å². The first kappa shape index (κ1) is 8.67. The summed E-state index contributed by atoms with van der Waals surface area (Å²) < 4.78 is 0. The van der Waals surface area contributed by atoms with Crippen LogP contribution in [0.4, 0.5) is 0 Å². The molecule has 0 fully saturated rings. The zero-order chi connectivity index (χ0) is 8.48. The molecule has 0 radical (unpaired) electrons. The Bertz CT molecular complexity index is 168. The zero-order valence-corrected chi connectivity index (χ0v) is 6.01. The Morgan fingerprint density at radius 3 is 2.55 bits per heavy atom. The van der Waals surface area contributed by atoms with E-state index in [1.807, 2.05) is 0 Å². The molecule has 0 heterocycles. The van der Waals surface area contributed by atoms with Crippen molar-refractivity contribution in [3.8, 4) is 0 Å². The highest BCUT2D eigenvalue weighted by atomic mass is 16.4. The Morgan fingerprint density at radius 1 is 1.45 bits per heavy atom. The topological polar surface area (TPSA) is 80.9 Å². The first-order valence-corrected chi connectivity index (χ1v) is 3.46. The van der Waals surface area contributed by atoms with Gasteiger partial charge in [0.15, 0.2) is 0 Å². The lowest BCUT2D eigenvalue weighted by atomic mass is 9.85. The molecule has 3 unspecified atom stereocenters. The van der Waals surface area contributed by atoms with Gasteiger partial charge in [-0.05, 0) is 6.42 Å². The van der Waals surface area contributed by atoms with Crippen LogP contribution in [-0.2, 0) is 0 Å². The van der Waals surface area contributed by atoms with Crippen LogP contribution in [0.5, 0.6) is 0 Å². The Kier molecular flexibility index (Phi) is 2.29. The Balaban J connectivity index is 2.77. The SMILES string of the molecule is OCC1(O)CC=CC(O)C1O. The molecule has 4 N–H and O–H groups in total.